The second kappa shape index (κ2) is 7.72. The normalized spacial score (nSPS) is 15.3. The van der Waals surface area contributed by atoms with Gasteiger partial charge in [-0.25, -0.2) is 8.42 Å². The Morgan fingerprint density at radius 1 is 0.897 bits per heavy atom. The van der Waals surface area contributed by atoms with Crippen molar-refractivity contribution in [2.45, 2.75) is 24.3 Å². The average Bonchev–Trinajstić information content (AvgIpc) is 2.74. The minimum Gasteiger partial charge on any atom is -0.466 e. The van der Waals surface area contributed by atoms with Crippen molar-refractivity contribution in [2.75, 3.05) is 10.9 Å². The van der Waals surface area contributed by atoms with E-state index in [0.717, 1.165) is 16.7 Å². The van der Waals surface area contributed by atoms with E-state index < -0.39 is 22.0 Å². The average molecular weight is 407 g/mol. The number of carbonyl (C=O) groups excluding carboxylic acids is 1. The standard InChI is InChI=1S/C23H21NO4S/c1-2-28-23(25)16-22-20-14-7-6-12-18(20)19-13-8-9-15-21(19)24(22)29(26,27)17-10-4-3-5-11-17/h3-15,22H,2,16H2,1H3. The monoisotopic (exact) mass is 407 g/mol. The lowest BCUT2D eigenvalue weighted by Gasteiger charge is -2.38. The summed E-state index contributed by atoms with van der Waals surface area (Å²) in [7, 11) is -3.90. The number of para-hydroxylation sites is 1. The molecule has 0 aliphatic carbocycles. The van der Waals surface area contributed by atoms with Crippen molar-refractivity contribution in [3.05, 3.63) is 84.4 Å². The quantitative estimate of drug-likeness (QED) is 0.582. The number of sulfonamides is 1. The lowest BCUT2D eigenvalue weighted by atomic mass is 9.88. The summed E-state index contributed by atoms with van der Waals surface area (Å²) in [6.07, 6.45) is -0.0642. The Balaban J connectivity index is 1.94. The van der Waals surface area contributed by atoms with E-state index in [4.69, 9.17) is 4.74 Å². The first kappa shape index (κ1) is 19.2. The predicted molar refractivity (Wildman–Crippen MR) is 112 cm³/mol. The summed E-state index contributed by atoms with van der Waals surface area (Å²) in [4.78, 5) is 12.6. The fraction of sp³-hybridized carbons (Fsp3) is 0.174. The SMILES string of the molecule is CCOC(=O)CC1c2ccccc2-c2ccccc2N1S(=O)(=O)c1ccccc1. The second-order valence-electron chi connectivity index (χ2n) is 6.74. The number of anilines is 1. The zero-order valence-electron chi connectivity index (χ0n) is 16.0. The summed E-state index contributed by atoms with van der Waals surface area (Å²) in [5, 5.41) is 0. The molecule has 1 atom stereocenters. The van der Waals surface area contributed by atoms with Gasteiger partial charge in [-0.05, 0) is 36.2 Å². The number of esters is 1. The number of ether oxygens (including phenoxy) is 1. The maximum Gasteiger partial charge on any atom is 0.308 e. The van der Waals surface area contributed by atoms with Gasteiger partial charge in [0.1, 0.15) is 0 Å². The zero-order valence-corrected chi connectivity index (χ0v) is 16.8. The first-order chi connectivity index (χ1) is 14.0. The molecule has 5 nitrogen and oxygen atoms in total. The lowest BCUT2D eigenvalue weighted by Crippen LogP contribution is -2.39. The maximum absolute atomic E-state index is 13.7. The molecule has 1 unspecified atom stereocenters. The van der Waals surface area contributed by atoms with Gasteiger partial charge in [-0.15, -0.1) is 0 Å². The van der Waals surface area contributed by atoms with Crippen LogP contribution in [0, 0.1) is 0 Å². The molecule has 0 N–H and O–H groups in total. The van der Waals surface area contributed by atoms with Crippen LogP contribution in [0.1, 0.15) is 24.9 Å². The van der Waals surface area contributed by atoms with Crippen molar-refractivity contribution in [1.82, 2.24) is 0 Å². The highest BCUT2D eigenvalue weighted by Gasteiger charge is 2.40. The van der Waals surface area contributed by atoms with E-state index in [9.17, 15) is 13.2 Å². The summed E-state index contributed by atoms with van der Waals surface area (Å²) in [5.74, 6) is -0.431. The van der Waals surface area contributed by atoms with E-state index in [-0.39, 0.29) is 17.9 Å². The third-order valence-corrected chi connectivity index (χ3v) is 6.84. The van der Waals surface area contributed by atoms with Crippen LogP contribution in [0.3, 0.4) is 0 Å². The highest BCUT2D eigenvalue weighted by molar-refractivity contribution is 7.92. The molecule has 3 aromatic carbocycles. The molecule has 1 aliphatic rings. The van der Waals surface area contributed by atoms with Crippen LogP contribution < -0.4 is 4.31 Å². The first-order valence-corrected chi connectivity index (χ1v) is 10.9. The highest BCUT2D eigenvalue weighted by atomic mass is 32.2. The molecule has 0 fully saturated rings. The van der Waals surface area contributed by atoms with E-state index in [0.29, 0.717) is 5.69 Å². The van der Waals surface area contributed by atoms with Crippen molar-refractivity contribution >= 4 is 21.7 Å². The van der Waals surface area contributed by atoms with Gasteiger partial charge in [0.15, 0.2) is 0 Å². The highest BCUT2D eigenvalue weighted by Crippen LogP contribution is 2.48. The van der Waals surface area contributed by atoms with Gasteiger partial charge in [0.2, 0.25) is 0 Å². The summed E-state index contributed by atoms with van der Waals surface area (Å²) >= 11 is 0. The van der Waals surface area contributed by atoms with Crippen molar-refractivity contribution in [1.29, 1.82) is 0 Å². The number of carbonyl (C=O) groups is 1. The maximum atomic E-state index is 13.7. The molecule has 6 heteroatoms. The third kappa shape index (κ3) is 3.40. The Hall–Kier alpha value is -3.12. The Kier molecular flexibility index (Phi) is 5.11. The van der Waals surface area contributed by atoms with Crippen LogP contribution in [-0.2, 0) is 19.6 Å². The van der Waals surface area contributed by atoms with Gasteiger partial charge in [-0.1, -0.05) is 60.7 Å². The molecule has 148 valence electrons. The van der Waals surface area contributed by atoms with Crippen molar-refractivity contribution in [3.8, 4) is 11.1 Å². The molecular weight excluding hydrogens is 386 g/mol. The van der Waals surface area contributed by atoms with Crippen molar-refractivity contribution in [2.24, 2.45) is 0 Å². The van der Waals surface area contributed by atoms with Gasteiger partial charge < -0.3 is 4.74 Å². The Morgan fingerprint density at radius 3 is 2.24 bits per heavy atom. The number of nitrogens with zero attached hydrogens (tertiary/aromatic N) is 1. The molecule has 1 aliphatic heterocycles. The van der Waals surface area contributed by atoms with Gasteiger partial charge in [-0.3, -0.25) is 9.10 Å². The largest absolute Gasteiger partial charge is 0.466 e. The van der Waals surface area contributed by atoms with Crippen LogP contribution in [0.5, 0.6) is 0 Å². The summed E-state index contributed by atoms with van der Waals surface area (Å²) in [6.45, 7) is 1.98. The molecule has 3 aromatic rings. The minimum absolute atomic E-state index is 0.0642. The van der Waals surface area contributed by atoms with Crippen LogP contribution in [0.2, 0.25) is 0 Å². The Labute approximate surface area is 170 Å². The van der Waals surface area contributed by atoms with E-state index in [1.165, 1.54) is 4.31 Å². The first-order valence-electron chi connectivity index (χ1n) is 9.47. The van der Waals surface area contributed by atoms with Crippen LogP contribution in [-0.4, -0.2) is 21.0 Å². The topological polar surface area (TPSA) is 63.7 Å². The van der Waals surface area contributed by atoms with Gasteiger partial charge in [0.25, 0.3) is 10.0 Å². The number of hydrogen-bond donors (Lipinski definition) is 0. The van der Waals surface area contributed by atoms with E-state index in [2.05, 4.69) is 0 Å². The predicted octanol–water partition coefficient (Wildman–Crippen LogP) is 4.56. The van der Waals surface area contributed by atoms with Crippen molar-refractivity contribution in [3.63, 3.8) is 0 Å². The van der Waals surface area contributed by atoms with Crippen LogP contribution >= 0.6 is 0 Å². The van der Waals surface area contributed by atoms with Gasteiger partial charge >= 0.3 is 5.97 Å². The number of fused-ring (bicyclic) bond motifs is 3. The Bertz CT molecular complexity index is 1140. The molecule has 0 spiro atoms. The lowest BCUT2D eigenvalue weighted by molar-refractivity contribution is -0.143. The molecule has 0 bridgehead atoms. The molecule has 1 heterocycles. The molecule has 0 saturated carbocycles. The summed E-state index contributed by atoms with van der Waals surface area (Å²) < 4.78 is 33.9. The summed E-state index contributed by atoms with van der Waals surface area (Å²) in [6, 6.07) is 22.6. The second-order valence-corrected chi connectivity index (χ2v) is 8.56. The zero-order chi connectivity index (χ0) is 20.4. The number of benzene rings is 3. The fourth-order valence-electron chi connectivity index (χ4n) is 3.79. The van der Waals surface area contributed by atoms with Gasteiger partial charge in [0, 0.05) is 5.56 Å². The molecule has 0 amide bonds. The number of hydrogen-bond acceptors (Lipinski definition) is 4. The van der Waals surface area contributed by atoms with Crippen LogP contribution in [0.15, 0.2) is 83.8 Å². The van der Waals surface area contributed by atoms with Crippen LogP contribution in [0.4, 0.5) is 5.69 Å². The minimum atomic E-state index is -3.90. The third-order valence-electron chi connectivity index (χ3n) is 5.00. The molecule has 29 heavy (non-hydrogen) atoms. The molecule has 0 radical (unpaired) electrons. The van der Waals surface area contributed by atoms with Crippen molar-refractivity contribution < 1.29 is 17.9 Å². The number of rotatable bonds is 5. The Morgan fingerprint density at radius 2 is 1.52 bits per heavy atom. The molecule has 0 aromatic heterocycles. The van der Waals surface area contributed by atoms with Crippen LogP contribution in [0.25, 0.3) is 11.1 Å². The van der Waals surface area contributed by atoms with E-state index in [1.54, 1.807) is 43.3 Å². The van der Waals surface area contributed by atoms with E-state index >= 15 is 0 Å². The molecule has 4 rings (SSSR count). The molecule has 0 saturated heterocycles. The smallest absolute Gasteiger partial charge is 0.308 e. The van der Waals surface area contributed by atoms with Gasteiger partial charge in [0.05, 0.1) is 29.7 Å². The summed E-state index contributed by atoms with van der Waals surface area (Å²) in [5.41, 5.74) is 3.10. The van der Waals surface area contributed by atoms with E-state index in [1.807, 2.05) is 42.5 Å². The van der Waals surface area contributed by atoms with Gasteiger partial charge in [-0.2, -0.15) is 0 Å². The molecular formula is C23H21NO4S. The fourth-order valence-corrected chi connectivity index (χ4v) is 5.46.